The van der Waals surface area contributed by atoms with Crippen LogP contribution in [0.4, 0.5) is 0 Å². The van der Waals surface area contributed by atoms with Crippen molar-refractivity contribution in [2.75, 3.05) is 0 Å². The third kappa shape index (κ3) is 7.37. The Labute approximate surface area is 433 Å². The van der Waals surface area contributed by atoms with Crippen LogP contribution in [-0.4, -0.2) is 28.7 Å². The van der Waals surface area contributed by atoms with Gasteiger partial charge in [0.2, 0.25) is 0 Å². The van der Waals surface area contributed by atoms with Gasteiger partial charge in [-0.15, -0.1) is 0 Å². The van der Waals surface area contributed by atoms with Crippen molar-refractivity contribution in [1.29, 1.82) is 0 Å². The van der Waals surface area contributed by atoms with E-state index in [1.807, 2.05) is 19.0 Å². The molecule has 12 aromatic rings. The number of benzene rings is 9. The summed E-state index contributed by atoms with van der Waals surface area (Å²) >= 11 is 0. The van der Waals surface area contributed by atoms with E-state index in [0.717, 1.165) is 67.2 Å². The molecule has 0 unspecified atom stereocenters. The molecule has 0 fully saturated rings. The van der Waals surface area contributed by atoms with Crippen LogP contribution in [0.15, 0.2) is 311 Å². The molecule has 0 aliphatic heterocycles. The van der Waals surface area contributed by atoms with Crippen LogP contribution in [0.25, 0.3) is 0 Å². The van der Waals surface area contributed by atoms with E-state index in [0.29, 0.717) is 0 Å². The number of imidazole rings is 3. The minimum absolute atomic E-state index is 0.787. The van der Waals surface area contributed by atoms with Gasteiger partial charge in [0.1, 0.15) is 16.6 Å². The zero-order valence-corrected chi connectivity index (χ0v) is 41.1. The van der Waals surface area contributed by atoms with Crippen LogP contribution in [0.3, 0.4) is 0 Å². The fraction of sp³-hybridized carbons (Fsp3) is 0.0735. The zero-order valence-electron chi connectivity index (χ0n) is 41.1. The maximum Gasteiger partial charge on any atom is 0.121 e. The molecule has 356 valence electrons. The lowest BCUT2D eigenvalue weighted by Crippen LogP contribution is -2.37. The molecule has 0 N–H and O–H groups in total. The Bertz CT molecular complexity index is 3020. The van der Waals surface area contributed by atoms with Gasteiger partial charge in [0.15, 0.2) is 0 Å². The predicted molar refractivity (Wildman–Crippen MR) is 296 cm³/mol. The molecule has 0 spiro atoms. The first-order chi connectivity index (χ1) is 36.6. The first-order valence-corrected chi connectivity index (χ1v) is 25.2. The molecule has 3 heterocycles. The maximum atomic E-state index is 5.54. The van der Waals surface area contributed by atoms with Crippen molar-refractivity contribution in [2.24, 2.45) is 0 Å². The lowest BCUT2D eigenvalue weighted by atomic mass is 9.76. The second kappa shape index (κ2) is 19.3. The summed E-state index contributed by atoms with van der Waals surface area (Å²) < 4.78 is 6.87. The van der Waals surface area contributed by atoms with Gasteiger partial charge in [-0.2, -0.15) is 0 Å². The number of aromatic nitrogens is 6. The molecular formula is C68H54N6. The summed E-state index contributed by atoms with van der Waals surface area (Å²) in [6.45, 7) is 2.23. The molecule has 0 aliphatic rings. The molecule has 12 rings (SSSR count). The number of hydrogen-bond donors (Lipinski definition) is 0. The molecule has 0 atom stereocenters. The van der Waals surface area contributed by atoms with E-state index in [-0.39, 0.29) is 0 Å². The van der Waals surface area contributed by atoms with Crippen LogP contribution in [0, 0.1) is 0 Å². The second-order valence-electron chi connectivity index (χ2n) is 19.0. The van der Waals surface area contributed by atoms with Crippen molar-refractivity contribution in [3.8, 4) is 0 Å². The molecule has 3 aromatic heterocycles. The van der Waals surface area contributed by atoms with Crippen molar-refractivity contribution in [3.05, 3.63) is 378 Å². The molecule has 0 aliphatic carbocycles. The van der Waals surface area contributed by atoms with Gasteiger partial charge >= 0.3 is 0 Å². The van der Waals surface area contributed by atoms with Gasteiger partial charge < -0.3 is 13.7 Å². The van der Waals surface area contributed by atoms with Crippen LogP contribution in [0.2, 0.25) is 0 Å². The SMILES string of the molecule is CC(c1cn(C(c2ccccc2)(c2ccccc2)c2ccccc2)cn1)(c1cn(C(c2ccccc2)(c2ccccc2)c2ccccc2)cn1)c1cn(C(c2ccccc2)(c2ccccc2)c2ccccc2)cn1. The third-order valence-electron chi connectivity index (χ3n) is 15.2. The molecule has 0 radical (unpaired) electrons. The molecule has 74 heavy (non-hydrogen) atoms. The molecular weight excluding hydrogens is 901 g/mol. The second-order valence-corrected chi connectivity index (χ2v) is 19.0. The first-order valence-electron chi connectivity index (χ1n) is 25.2. The minimum atomic E-state index is -1.04. The molecule has 0 bridgehead atoms. The Morgan fingerprint density at radius 3 is 0.527 bits per heavy atom. The van der Waals surface area contributed by atoms with Crippen molar-refractivity contribution >= 4 is 0 Å². The van der Waals surface area contributed by atoms with Crippen LogP contribution in [-0.2, 0) is 22.0 Å². The van der Waals surface area contributed by atoms with Crippen LogP contribution in [0.1, 0.15) is 74.1 Å². The van der Waals surface area contributed by atoms with E-state index in [1.165, 1.54) is 0 Å². The summed E-state index contributed by atoms with van der Waals surface area (Å²) in [5.41, 5.74) is 8.85. The number of rotatable bonds is 15. The Morgan fingerprint density at radius 1 is 0.230 bits per heavy atom. The highest BCUT2D eigenvalue weighted by atomic mass is 15.2. The van der Waals surface area contributed by atoms with Crippen LogP contribution < -0.4 is 0 Å². The van der Waals surface area contributed by atoms with Crippen molar-refractivity contribution in [1.82, 2.24) is 28.7 Å². The van der Waals surface area contributed by atoms with Crippen LogP contribution in [0.5, 0.6) is 0 Å². The lowest BCUT2D eigenvalue weighted by Gasteiger charge is -2.38. The minimum Gasteiger partial charge on any atom is -0.319 e. The molecule has 0 saturated heterocycles. The van der Waals surface area contributed by atoms with E-state index < -0.39 is 22.0 Å². The monoisotopic (exact) mass is 954 g/mol. The maximum absolute atomic E-state index is 5.54. The van der Waals surface area contributed by atoms with E-state index in [9.17, 15) is 0 Å². The van der Waals surface area contributed by atoms with Crippen LogP contribution >= 0.6 is 0 Å². The average molecular weight is 955 g/mol. The topological polar surface area (TPSA) is 53.5 Å². The molecule has 6 heteroatoms. The highest BCUT2D eigenvalue weighted by Crippen LogP contribution is 2.47. The van der Waals surface area contributed by atoms with Gasteiger partial charge in [0.25, 0.3) is 0 Å². The van der Waals surface area contributed by atoms with E-state index in [4.69, 9.17) is 15.0 Å². The smallest absolute Gasteiger partial charge is 0.121 e. The fourth-order valence-corrected chi connectivity index (χ4v) is 11.6. The van der Waals surface area contributed by atoms with E-state index >= 15 is 0 Å². The summed E-state index contributed by atoms with van der Waals surface area (Å²) in [5.74, 6) is 0. The quantitative estimate of drug-likeness (QED) is 0.0962. The Morgan fingerprint density at radius 2 is 0.378 bits per heavy atom. The lowest BCUT2D eigenvalue weighted by molar-refractivity contribution is 0.508. The molecule has 9 aromatic carbocycles. The normalized spacial score (nSPS) is 12.1. The Kier molecular flexibility index (Phi) is 11.9. The Hall–Kier alpha value is -9.39. The van der Waals surface area contributed by atoms with E-state index in [1.54, 1.807) is 0 Å². The first kappa shape index (κ1) is 45.7. The summed E-state index contributed by atoms with van der Waals surface area (Å²) in [7, 11) is 0. The number of nitrogens with zero attached hydrogens (tertiary/aromatic N) is 6. The molecule has 6 nitrogen and oxygen atoms in total. The van der Waals surface area contributed by atoms with Crippen molar-refractivity contribution in [2.45, 2.75) is 29.0 Å². The third-order valence-corrected chi connectivity index (χ3v) is 15.2. The van der Waals surface area contributed by atoms with Crippen molar-refractivity contribution < 1.29 is 0 Å². The molecule has 0 amide bonds. The highest BCUT2D eigenvalue weighted by Gasteiger charge is 2.46. The predicted octanol–water partition coefficient (Wildman–Crippen LogP) is 14.2. The largest absolute Gasteiger partial charge is 0.319 e. The van der Waals surface area contributed by atoms with Gasteiger partial charge in [0, 0.05) is 18.6 Å². The Balaban J connectivity index is 1.14. The summed E-state index contributed by atoms with van der Waals surface area (Å²) in [6, 6.07) is 96.8. The van der Waals surface area contributed by atoms with Gasteiger partial charge in [-0.05, 0) is 57.0 Å². The van der Waals surface area contributed by atoms with Gasteiger partial charge in [-0.25, -0.2) is 15.0 Å². The van der Waals surface area contributed by atoms with Gasteiger partial charge in [-0.3, -0.25) is 0 Å². The fourth-order valence-electron chi connectivity index (χ4n) is 11.6. The summed E-state index contributed by atoms with van der Waals surface area (Å²) in [5, 5.41) is 0. The summed E-state index contributed by atoms with van der Waals surface area (Å²) in [4.78, 5) is 16.6. The highest BCUT2D eigenvalue weighted by molar-refractivity contribution is 5.56. The van der Waals surface area contributed by atoms with Gasteiger partial charge in [0.05, 0.1) is 41.5 Å². The molecule has 0 saturated carbocycles. The average Bonchev–Trinajstić information content (AvgIpc) is 4.32. The van der Waals surface area contributed by atoms with Crippen molar-refractivity contribution in [3.63, 3.8) is 0 Å². The number of hydrogen-bond acceptors (Lipinski definition) is 3. The van der Waals surface area contributed by atoms with E-state index in [2.05, 4.69) is 312 Å². The zero-order chi connectivity index (χ0) is 49.8. The summed E-state index contributed by atoms with van der Waals surface area (Å²) in [6.07, 6.45) is 12.7. The van der Waals surface area contributed by atoms with Gasteiger partial charge in [-0.1, -0.05) is 273 Å². The standard InChI is InChI=1S/C68H54N6/c1-65(62-47-72(50-69-62)66(53-29-11-2-12-30-53,54-31-13-3-14-32-54)55-33-15-4-16-34-55,63-48-73(51-70-63)67(56-35-17-5-18-36-56,57-37-19-6-20-38-57)58-39-21-7-22-40-58)64-49-74(52-71-64)68(59-41-23-8-24-42-59,60-43-25-9-26-44-60)61-45-27-10-28-46-61/h2-52H,1H3.